The fraction of sp³-hybridized carbons (Fsp3) is 0.333. The molecule has 2 heterocycles. The van der Waals surface area contributed by atoms with E-state index in [0.29, 0.717) is 5.56 Å². The molecular weight excluding hydrogens is 392 g/mol. The lowest BCUT2D eigenvalue weighted by Crippen LogP contribution is -2.39. The molecule has 2 aliphatic heterocycles. The van der Waals surface area contributed by atoms with E-state index in [9.17, 15) is 13.2 Å². The van der Waals surface area contributed by atoms with E-state index in [4.69, 9.17) is 4.99 Å². The van der Waals surface area contributed by atoms with Crippen LogP contribution in [0.15, 0.2) is 53.5 Å². The standard InChI is InChI=1S/C21H22N2O3S2/c1-14-6-3-4-7-17(14)11-27-21-22-19-12-28(25,26)13-20(19)23(21)18-9-5-8-16(10-18)15(2)24/h3-10,19-20H,11-13H2,1-2H3/t19-,20-/m1/s1. The van der Waals surface area contributed by atoms with Crippen LogP contribution in [0.3, 0.4) is 0 Å². The number of fused-ring (bicyclic) bond motifs is 1. The molecule has 0 saturated carbocycles. The molecule has 7 heteroatoms. The van der Waals surface area contributed by atoms with Gasteiger partial charge < -0.3 is 4.90 Å². The van der Waals surface area contributed by atoms with Gasteiger partial charge in [0.15, 0.2) is 20.8 Å². The molecule has 146 valence electrons. The first-order chi connectivity index (χ1) is 13.3. The molecule has 0 N–H and O–H groups in total. The van der Waals surface area contributed by atoms with Crippen molar-refractivity contribution in [3.05, 3.63) is 65.2 Å². The van der Waals surface area contributed by atoms with Crippen molar-refractivity contribution in [3.8, 4) is 0 Å². The number of carbonyl (C=O) groups is 1. The average Bonchev–Trinajstić information content (AvgIpc) is 3.12. The number of Topliss-reactive ketones (excluding diaryl/α,β-unsaturated/α-hetero) is 1. The summed E-state index contributed by atoms with van der Waals surface area (Å²) >= 11 is 1.62. The maximum Gasteiger partial charge on any atom is 0.164 e. The number of thioether (sulfide) groups is 1. The highest BCUT2D eigenvalue weighted by Gasteiger charge is 2.47. The maximum atomic E-state index is 12.2. The second-order valence-corrected chi connectivity index (χ2v) is 10.4. The van der Waals surface area contributed by atoms with Gasteiger partial charge in [0, 0.05) is 17.0 Å². The minimum Gasteiger partial charge on any atom is -0.315 e. The fourth-order valence-electron chi connectivity index (χ4n) is 3.72. The Kier molecular flexibility index (Phi) is 5.05. The number of sulfone groups is 1. The van der Waals surface area contributed by atoms with E-state index in [-0.39, 0.29) is 29.4 Å². The fourth-order valence-corrected chi connectivity index (χ4v) is 6.77. The number of carbonyl (C=O) groups excluding carboxylic acids is 1. The van der Waals surface area contributed by atoms with Crippen LogP contribution in [0.1, 0.15) is 28.4 Å². The zero-order valence-corrected chi connectivity index (χ0v) is 17.5. The molecule has 2 atom stereocenters. The molecule has 0 aliphatic carbocycles. The van der Waals surface area contributed by atoms with Crippen molar-refractivity contribution in [2.24, 2.45) is 4.99 Å². The van der Waals surface area contributed by atoms with Gasteiger partial charge in [-0.1, -0.05) is 48.2 Å². The largest absolute Gasteiger partial charge is 0.315 e. The number of nitrogens with zero attached hydrogens (tertiary/aromatic N) is 2. The van der Waals surface area contributed by atoms with Crippen molar-refractivity contribution in [3.63, 3.8) is 0 Å². The molecule has 0 aromatic heterocycles. The number of rotatable bonds is 4. The molecule has 0 unspecified atom stereocenters. The topological polar surface area (TPSA) is 66.8 Å². The van der Waals surface area contributed by atoms with Crippen LogP contribution in [0, 0.1) is 6.92 Å². The number of aliphatic imine (C=N–C) groups is 1. The predicted octanol–water partition coefficient (Wildman–Crippen LogP) is 3.47. The smallest absolute Gasteiger partial charge is 0.164 e. The van der Waals surface area contributed by atoms with Crippen LogP contribution in [-0.2, 0) is 15.6 Å². The van der Waals surface area contributed by atoms with E-state index in [1.54, 1.807) is 17.8 Å². The molecule has 2 aromatic carbocycles. The highest BCUT2D eigenvalue weighted by atomic mass is 32.2. The van der Waals surface area contributed by atoms with Gasteiger partial charge in [0.25, 0.3) is 0 Å². The monoisotopic (exact) mass is 414 g/mol. The first kappa shape index (κ1) is 19.2. The van der Waals surface area contributed by atoms with Gasteiger partial charge in [0.05, 0.1) is 23.6 Å². The highest BCUT2D eigenvalue weighted by molar-refractivity contribution is 8.13. The second kappa shape index (κ2) is 7.37. The van der Waals surface area contributed by atoms with Crippen molar-refractivity contribution >= 4 is 38.2 Å². The molecule has 0 spiro atoms. The highest BCUT2D eigenvalue weighted by Crippen LogP contribution is 2.36. The molecule has 1 fully saturated rings. The molecular formula is C21H22N2O3S2. The molecule has 2 aromatic rings. The number of aryl methyl sites for hydroxylation is 1. The summed E-state index contributed by atoms with van der Waals surface area (Å²) in [7, 11) is -3.10. The van der Waals surface area contributed by atoms with Gasteiger partial charge in [0.2, 0.25) is 0 Å². The Balaban J connectivity index is 1.66. The third-order valence-corrected chi connectivity index (χ3v) is 7.97. The minimum absolute atomic E-state index is 0.0114. The number of benzene rings is 2. The van der Waals surface area contributed by atoms with Crippen LogP contribution in [-0.4, -0.2) is 43.0 Å². The summed E-state index contributed by atoms with van der Waals surface area (Å²) in [6.07, 6.45) is 0. The summed E-state index contributed by atoms with van der Waals surface area (Å²) in [4.78, 5) is 18.6. The molecule has 1 saturated heterocycles. The van der Waals surface area contributed by atoms with Gasteiger partial charge in [-0.2, -0.15) is 0 Å². The third-order valence-electron chi connectivity index (χ3n) is 5.26. The van der Waals surface area contributed by atoms with Crippen molar-refractivity contribution in [2.75, 3.05) is 16.4 Å². The van der Waals surface area contributed by atoms with Gasteiger partial charge in [-0.05, 0) is 37.1 Å². The van der Waals surface area contributed by atoms with E-state index in [2.05, 4.69) is 19.1 Å². The summed E-state index contributed by atoms with van der Waals surface area (Å²) in [5.41, 5.74) is 3.90. The lowest BCUT2D eigenvalue weighted by molar-refractivity contribution is 0.101. The Morgan fingerprint density at radius 1 is 1.18 bits per heavy atom. The molecule has 0 radical (unpaired) electrons. The van der Waals surface area contributed by atoms with Crippen molar-refractivity contribution in [1.82, 2.24) is 0 Å². The quantitative estimate of drug-likeness (QED) is 0.717. The molecule has 0 bridgehead atoms. The molecule has 5 nitrogen and oxygen atoms in total. The Bertz CT molecular complexity index is 1060. The second-order valence-electron chi connectivity index (χ2n) is 7.31. The van der Waals surface area contributed by atoms with E-state index in [1.807, 2.05) is 35.2 Å². The van der Waals surface area contributed by atoms with Crippen LogP contribution >= 0.6 is 11.8 Å². The van der Waals surface area contributed by atoms with Gasteiger partial charge in [-0.15, -0.1) is 0 Å². The summed E-state index contributed by atoms with van der Waals surface area (Å²) in [5, 5.41) is 0.828. The molecule has 28 heavy (non-hydrogen) atoms. The van der Waals surface area contributed by atoms with E-state index >= 15 is 0 Å². The lowest BCUT2D eigenvalue weighted by Gasteiger charge is -2.27. The van der Waals surface area contributed by atoms with Crippen LogP contribution in [0.4, 0.5) is 5.69 Å². The number of ketones is 1. The number of amidine groups is 1. The molecule has 0 amide bonds. The van der Waals surface area contributed by atoms with Gasteiger partial charge >= 0.3 is 0 Å². The average molecular weight is 415 g/mol. The van der Waals surface area contributed by atoms with Gasteiger partial charge in [0.1, 0.15) is 0 Å². The van der Waals surface area contributed by atoms with Crippen LogP contribution in [0.2, 0.25) is 0 Å². The Hall–Kier alpha value is -2.12. The van der Waals surface area contributed by atoms with Crippen LogP contribution in [0.25, 0.3) is 0 Å². The normalized spacial score (nSPS) is 22.8. The summed E-state index contributed by atoms with van der Waals surface area (Å²) in [6.45, 7) is 3.62. The summed E-state index contributed by atoms with van der Waals surface area (Å²) < 4.78 is 24.3. The van der Waals surface area contributed by atoms with Crippen molar-refractivity contribution in [1.29, 1.82) is 0 Å². The lowest BCUT2D eigenvalue weighted by atomic mass is 10.1. The first-order valence-corrected chi connectivity index (χ1v) is 12.0. The first-order valence-electron chi connectivity index (χ1n) is 9.20. The molecule has 4 rings (SSSR count). The minimum atomic E-state index is -3.10. The van der Waals surface area contributed by atoms with Gasteiger partial charge in [-0.3, -0.25) is 9.79 Å². The van der Waals surface area contributed by atoms with Gasteiger partial charge in [-0.25, -0.2) is 8.42 Å². The van der Waals surface area contributed by atoms with Crippen molar-refractivity contribution < 1.29 is 13.2 Å². The summed E-state index contributed by atoms with van der Waals surface area (Å²) in [5.74, 6) is 0.942. The Morgan fingerprint density at radius 2 is 1.96 bits per heavy atom. The Labute approximate surface area is 169 Å². The zero-order valence-electron chi connectivity index (χ0n) is 15.8. The van der Waals surface area contributed by atoms with Crippen LogP contribution < -0.4 is 4.90 Å². The third kappa shape index (κ3) is 3.73. The molecule has 2 aliphatic rings. The Morgan fingerprint density at radius 3 is 2.71 bits per heavy atom. The zero-order chi connectivity index (χ0) is 19.9. The van der Waals surface area contributed by atoms with Crippen LogP contribution in [0.5, 0.6) is 0 Å². The predicted molar refractivity (Wildman–Crippen MR) is 115 cm³/mol. The SMILES string of the molecule is CC(=O)c1cccc(N2C(SCc3ccccc3C)=N[C@@H]3CS(=O)(=O)C[C@H]32)c1. The van der Waals surface area contributed by atoms with E-state index in [0.717, 1.165) is 16.6 Å². The maximum absolute atomic E-state index is 12.2. The number of hydrogen-bond acceptors (Lipinski definition) is 6. The number of anilines is 1. The summed E-state index contributed by atoms with van der Waals surface area (Å²) in [6, 6.07) is 15.2. The van der Waals surface area contributed by atoms with Crippen molar-refractivity contribution in [2.45, 2.75) is 31.7 Å². The van der Waals surface area contributed by atoms with E-state index < -0.39 is 9.84 Å². The van der Waals surface area contributed by atoms with E-state index in [1.165, 1.54) is 18.1 Å². The number of hydrogen-bond donors (Lipinski definition) is 0.